The van der Waals surface area contributed by atoms with Gasteiger partial charge in [-0.15, -0.1) is 0 Å². The van der Waals surface area contributed by atoms with Crippen LogP contribution in [0.3, 0.4) is 0 Å². The molecule has 0 aliphatic carbocycles. The molecule has 0 aliphatic rings. The summed E-state index contributed by atoms with van der Waals surface area (Å²) >= 11 is 0. The predicted molar refractivity (Wildman–Crippen MR) is 92.9 cm³/mol. The molecule has 0 saturated carbocycles. The van der Waals surface area contributed by atoms with Crippen LogP contribution in [0.2, 0.25) is 0 Å². The highest BCUT2D eigenvalue weighted by molar-refractivity contribution is 5.95. The van der Waals surface area contributed by atoms with Gasteiger partial charge in [0.2, 0.25) is 0 Å². The van der Waals surface area contributed by atoms with Gasteiger partial charge in [0, 0.05) is 13.1 Å². The number of carbonyl (C=O) groups is 1. The summed E-state index contributed by atoms with van der Waals surface area (Å²) < 4.78 is 41.4. The number of aromatic nitrogens is 2. The van der Waals surface area contributed by atoms with E-state index in [4.69, 9.17) is 0 Å². The number of alkyl halides is 3. The van der Waals surface area contributed by atoms with Crippen molar-refractivity contribution in [2.24, 2.45) is 0 Å². The number of likely N-dealkylation sites (N-methyl/N-ethyl adjacent to an activating group) is 1. The van der Waals surface area contributed by atoms with Gasteiger partial charge in [-0.05, 0) is 18.7 Å². The highest BCUT2D eigenvalue weighted by Gasteiger charge is 2.40. The number of nitrogens with zero attached hydrogens (tertiary/aromatic N) is 3. The van der Waals surface area contributed by atoms with Crippen molar-refractivity contribution < 1.29 is 18.0 Å². The van der Waals surface area contributed by atoms with E-state index in [0.29, 0.717) is 12.1 Å². The lowest BCUT2D eigenvalue weighted by molar-refractivity contribution is -0.144. The number of hydrogen-bond donors (Lipinski definition) is 1. The quantitative estimate of drug-likeness (QED) is 0.779. The zero-order valence-electron chi connectivity index (χ0n) is 14.9. The minimum absolute atomic E-state index is 0.0532. The maximum atomic E-state index is 13.5. The van der Waals surface area contributed by atoms with Gasteiger partial charge in [-0.2, -0.15) is 18.3 Å². The molecule has 5 nitrogen and oxygen atoms in total. The molecule has 2 aromatic rings. The number of nitrogens with one attached hydrogen (secondary N) is 1. The topological polar surface area (TPSA) is 50.2 Å². The number of carbonyl (C=O) groups excluding carboxylic acids is 1. The minimum atomic E-state index is -4.67. The monoisotopic (exact) mass is 368 g/mol. The second-order valence-electron chi connectivity index (χ2n) is 5.83. The minimum Gasteiger partial charge on any atom is -0.351 e. The van der Waals surface area contributed by atoms with Crippen molar-refractivity contribution in [2.45, 2.75) is 26.6 Å². The van der Waals surface area contributed by atoms with Gasteiger partial charge in [-0.1, -0.05) is 44.2 Å². The summed E-state index contributed by atoms with van der Waals surface area (Å²) in [6.07, 6.45) is -3.69. The average molecular weight is 368 g/mol. The molecule has 1 amide bonds. The van der Waals surface area contributed by atoms with Crippen molar-refractivity contribution in [1.29, 1.82) is 0 Å². The Balaban J connectivity index is 2.16. The van der Waals surface area contributed by atoms with Crippen molar-refractivity contribution in [3.63, 3.8) is 0 Å². The van der Waals surface area contributed by atoms with Crippen LogP contribution in [0.5, 0.6) is 0 Å². The van der Waals surface area contributed by atoms with E-state index in [1.807, 2.05) is 13.8 Å². The van der Waals surface area contributed by atoms with Crippen LogP contribution >= 0.6 is 0 Å². The standard InChI is InChI=1S/C18H23F3N4O/c1-3-24(4-2)11-10-22-17(26)15-12-23-25(16(15)18(19,20)21)13-14-8-6-5-7-9-14/h5-9,12H,3-4,10-11,13H2,1-2H3,(H,22,26). The molecular weight excluding hydrogens is 345 g/mol. The van der Waals surface area contributed by atoms with Gasteiger partial charge >= 0.3 is 6.18 Å². The van der Waals surface area contributed by atoms with Gasteiger partial charge in [0.15, 0.2) is 5.69 Å². The summed E-state index contributed by atoms with van der Waals surface area (Å²) in [5.41, 5.74) is -0.802. The average Bonchev–Trinajstić information content (AvgIpc) is 3.03. The number of amides is 1. The van der Waals surface area contributed by atoms with Crippen molar-refractivity contribution in [2.75, 3.05) is 26.2 Å². The maximum absolute atomic E-state index is 13.5. The van der Waals surface area contributed by atoms with E-state index in [0.717, 1.165) is 24.0 Å². The second-order valence-corrected chi connectivity index (χ2v) is 5.83. The third kappa shape index (κ3) is 5.08. The van der Waals surface area contributed by atoms with Gasteiger partial charge in [-0.3, -0.25) is 9.48 Å². The molecule has 0 spiro atoms. The third-order valence-electron chi connectivity index (χ3n) is 4.14. The van der Waals surface area contributed by atoms with E-state index in [-0.39, 0.29) is 13.1 Å². The Morgan fingerprint density at radius 3 is 2.42 bits per heavy atom. The van der Waals surface area contributed by atoms with Gasteiger partial charge < -0.3 is 10.2 Å². The molecule has 8 heteroatoms. The molecule has 1 aromatic heterocycles. The van der Waals surface area contributed by atoms with Gasteiger partial charge in [-0.25, -0.2) is 0 Å². The summed E-state index contributed by atoms with van der Waals surface area (Å²) in [6, 6.07) is 8.70. The molecule has 0 fully saturated rings. The zero-order chi connectivity index (χ0) is 19.2. The normalized spacial score (nSPS) is 11.8. The summed E-state index contributed by atoms with van der Waals surface area (Å²) in [6.45, 7) is 6.41. The molecule has 1 heterocycles. The second kappa shape index (κ2) is 8.84. The molecule has 0 radical (unpaired) electrons. The number of benzene rings is 1. The summed E-state index contributed by atoms with van der Waals surface area (Å²) in [4.78, 5) is 14.3. The number of rotatable bonds is 8. The first-order chi connectivity index (χ1) is 12.4. The Kier molecular flexibility index (Phi) is 6.79. The maximum Gasteiger partial charge on any atom is 0.433 e. The van der Waals surface area contributed by atoms with E-state index in [1.54, 1.807) is 30.3 Å². The van der Waals surface area contributed by atoms with Crippen LogP contribution in [0.4, 0.5) is 13.2 Å². The highest BCUT2D eigenvalue weighted by Crippen LogP contribution is 2.32. The van der Waals surface area contributed by atoms with Crippen molar-refractivity contribution in [1.82, 2.24) is 20.0 Å². The Bertz CT molecular complexity index is 709. The molecule has 0 atom stereocenters. The Morgan fingerprint density at radius 1 is 1.19 bits per heavy atom. The predicted octanol–water partition coefficient (Wildman–Crippen LogP) is 3.02. The van der Waals surface area contributed by atoms with Gasteiger partial charge in [0.25, 0.3) is 5.91 Å². The molecule has 1 N–H and O–H groups in total. The van der Waals surface area contributed by atoms with Crippen LogP contribution in [0.15, 0.2) is 36.5 Å². The Hall–Kier alpha value is -2.35. The number of halogens is 3. The van der Waals surface area contributed by atoms with Crippen LogP contribution < -0.4 is 5.32 Å². The highest BCUT2D eigenvalue weighted by atomic mass is 19.4. The first-order valence-electron chi connectivity index (χ1n) is 8.54. The summed E-state index contributed by atoms with van der Waals surface area (Å²) in [5, 5.41) is 6.35. The van der Waals surface area contributed by atoms with Gasteiger partial charge in [0.1, 0.15) is 0 Å². The zero-order valence-corrected chi connectivity index (χ0v) is 14.9. The molecule has 0 aliphatic heterocycles. The van der Waals surface area contributed by atoms with E-state index < -0.39 is 23.3 Å². The Morgan fingerprint density at radius 2 is 1.85 bits per heavy atom. The van der Waals surface area contributed by atoms with E-state index in [9.17, 15) is 18.0 Å². The molecule has 0 bridgehead atoms. The molecule has 1 aromatic carbocycles. The van der Waals surface area contributed by atoms with E-state index >= 15 is 0 Å². The lowest BCUT2D eigenvalue weighted by Crippen LogP contribution is -2.35. The van der Waals surface area contributed by atoms with Crippen LogP contribution in [0.1, 0.15) is 35.5 Å². The fraction of sp³-hybridized carbons (Fsp3) is 0.444. The van der Waals surface area contributed by atoms with Crippen molar-refractivity contribution >= 4 is 5.91 Å². The fourth-order valence-corrected chi connectivity index (χ4v) is 2.69. The SMILES string of the molecule is CCN(CC)CCNC(=O)c1cnn(Cc2ccccc2)c1C(F)(F)F. The summed E-state index contributed by atoms with van der Waals surface area (Å²) in [7, 11) is 0. The van der Waals surface area contributed by atoms with Crippen LogP contribution in [-0.4, -0.2) is 46.8 Å². The molecule has 0 saturated heterocycles. The first kappa shape index (κ1) is 20.0. The van der Waals surface area contributed by atoms with Crippen LogP contribution in [-0.2, 0) is 12.7 Å². The largest absolute Gasteiger partial charge is 0.433 e. The lowest BCUT2D eigenvalue weighted by Gasteiger charge is -2.18. The van der Waals surface area contributed by atoms with E-state index in [1.165, 1.54) is 0 Å². The summed E-state index contributed by atoms with van der Waals surface area (Å²) in [5.74, 6) is -0.760. The lowest BCUT2D eigenvalue weighted by atomic mass is 10.2. The molecule has 26 heavy (non-hydrogen) atoms. The molecule has 0 unspecified atom stereocenters. The third-order valence-corrected chi connectivity index (χ3v) is 4.14. The smallest absolute Gasteiger partial charge is 0.351 e. The Labute approximate surface area is 150 Å². The number of hydrogen-bond acceptors (Lipinski definition) is 3. The fourth-order valence-electron chi connectivity index (χ4n) is 2.69. The molecule has 142 valence electrons. The first-order valence-corrected chi connectivity index (χ1v) is 8.54. The van der Waals surface area contributed by atoms with Crippen LogP contribution in [0, 0.1) is 0 Å². The molecular formula is C18H23F3N4O. The van der Waals surface area contributed by atoms with Crippen molar-refractivity contribution in [3.8, 4) is 0 Å². The molecule has 2 rings (SSSR count). The van der Waals surface area contributed by atoms with E-state index in [2.05, 4.69) is 15.3 Å². The van der Waals surface area contributed by atoms with Crippen LogP contribution in [0.25, 0.3) is 0 Å². The van der Waals surface area contributed by atoms with Crippen molar-refractivity contribution in [3.05, 3.63) is 53.3 Å². The van der Waals surface area contributed by atoms with Gasteiger partial charge in [0.05, 0.1) is 18.3 Å².